The first-order valence-electron chi connectivity index (χ1n) is 11.1. The Bertz CT molecular complexity index is 967. The van der Waals surface area contributed by atoms with Crippen LogP contribution in [-0.2, 0) is 17.6 Å². The molecule has 0 spiro atoms. The lowest BCUT2D eigenvalue weighted by Gasteiger charge is -2.13. The Hall–Kier alpha value is -2.83. The van der Waals surface area contributed by atoms with E-state index >= 15 is 0 Å². The van der Waals surface area contributed by atoms with Crippen LogP contribution in [0.5, 0.6) is 5.75 Å². The van der Waals surface area contributed by atoms with Gasteiger partial charge >= 0.3 is 0 Å². The molecule has 1 aliphatic rings. The molecule has 1 amide bonds. The highest BCUT2D eigenvalue weighted by atomic mass is 32.2. The number of hydrogen-bond acceptors (Lipinski definition) is 5. The van der Waals surface area contributed by atoms with Crippen LogP contribution in [0.1, 0.15) is 28.5 Å². The molecule has 0 radical (unpaired) electrons. The highest BCUT2D eigenvalue weighted by Crippen LogP contribution is 2.32. The molecule has 0 saturated carbocycles. The number of aromatic nitrogens is 1. The largest absolute Gasteiger partial charge is 0.494 e. The van der Waals surface area contributed by atoms with E-state index in [9.17, 15) is 4.79 Å². The number of pyridine rings is 1. The maximum absolute atomic E-state index is 12.5. The van der Waals surface area contributed by atoms with Crippen molar-refractivity contribution in [3.63, 3.8) is 0 Å². The van der Waals surface area contributed by atoms with Gasteiger partial charge in [0.05, 0.1) is 18.0 Å². The second-order valence-electron chi connectivity index (χ2n) is 7.84. The summed E-state index contributed by atoms with van der Waals surface area (Å²) in [4.78, 5) is 16.7. The quantitative estimate of drug-likeness (QED) is 0.457. The fourth-order valence-electron chi connectivity index (χ4n) is 3.66. The minimum absolute atomic E-state index is 0.0576. The number of amides is 1. The molecule has 1 aliphatic heterocycles. The van der Waals surface area contributed by atoms with Gasteiger partial charge < -0.3 is 10.1 Å². The van der Waals surface area contributed by atoms with Crippen molar-refractivity contribution in [2.75, 3.05) is 18.9 Å². The molecule has 2 unspecified atom stereocenters. The van der Waals surface area contributed by atoms with Gasteiger partial charge in [-0.25, -0.2) is 0 Å². The Morgan fingerprint density at radius 3 is 2.62 bits per heavy atom. The normalized spacial score (nSPS) is 17.8. The Kier molecular flexibility index (Phi) is 8.17. The molecule has 1 aromatic heterocycles. The van der Waals surface area contributed by atoms with Gasteiger partial charge in [-0.1, -0.05) is 48.5 Å². The molecule has 2 heterocycles. The summed E-state index contributed by atoms with van der Waals surface area (Å²) in [5.74, 6) is 1.71. The lowest BCUT2D eigenvalue weighted by molar-refractivity contribution is -0.122. The van der Waals surface area contributed by atoms with Gasteiger partial charge in [0.15, 0.2) is 0 Å². The third-order valence-corrected chi connectivity index (χ3v) is 6.71. The Morgan fingerprint density at radius 1 is 1.03 bits per heavy atom. The number of ether oxygens (including phenoxy) is 1. The molecule has 0 aliphatic carbocycles. The van der Waals surface area contributed by atoms with Crippen molar-refractivity contribution >= 4 is 17.7 Å². The van der Waals surface area contributed by atoms with Crippen molar-refractivity contribution in [1.29, 1.82) is 0 Å². The number of carbonyl (C=O) groups is 1. The molecule has 2 aromatic carbocycles. The van der Waals surface area contributed by atoms with Gasteiger partial charge in [0.1, 0.15) is 5.75 Å². The van der Waals surface area contributed by atoms with E-state index in [0.29, 0.717) is 13.2 Å². The minimum atomic E-state index is -0.170. The van der Waals surface area contributed by atoms with Gasteiger partial charge in [-0.3, -0.25) is 15.1 Å². The first-order valence-corrected chi connectivity index (χ1v) is 12.1. The zero-order valence-corrected chi connectivity index (χ0v) is 18.9. The van der Waals surface area contributed by atoms with Gasteiger partial charge in [0.25, 0.3) is 0 Å². The van der Waals surface area contributed by atoms with Crippen LogP contribution in [0.2, 0.25) is 0 Å². The summed E-state index contributed by atoms with van der Waals surface area (Å²) in [6, 6.07) is 22.4. The van der Waals surface area contributed by atoms with Crippen molar-refractivity contribution in [2.24, 2.45) is 0 Å². The second-order valence-corrected chi connectivity index (χ2v) is 8.98. The standard InChI is InChI=1S/C26H29N3O2S/c30-25(24-19-32-26(29-24)22-9-4-15-27-18-22)28-16-14-21-10-12-23(13-11-21)31-17-5-8-20-6-2-1-3-7-20/h1-4,6-7,9-13,15,18,24,26,29H,5,8,14,16-17,19H2,(H,28,30). The van der Waals surface area contributed by atoms with Gasteiger partial charge in [0, 0.05) is 24.7 Å². The molecule has 5 nitrogen and oxygen atoms in total. The molecule has 2 N–H and O–H groups in total. The summed E-state index contributed by atoms with van der Waals surface area (Å²) in [6.45, 7) is 1.33. The monoisotopic (exact) mass is 447 g/mol. The lowest BCUT2D eigenvalue weighted by Crippen LogP contribution is -2.43. The zero-order chi connectivity index (χ0) is 22.0. The van der Waals surface area contributed by atoms with E-state index < -0.39 is 0 Å². The summed E-state index contributed by atoms with van der Waals surface area (Å²) in [5.41, 5.74) is 3.63. The number of carbonyl (C=O) groups excluding carboxylic acids is 1. The van der Waals surface area contributed by atoms with Gasteiger partial charge in [0.2, 0.25) is 5.91 Å². The van der Waals surface area contributed by atoms with E-state index in [1.807, 2.05) is 36.5 Å². The molecule has 166 valence electrons. The predicted octanol–water partition coefficient (Wildman–Crippen LogP) is 4.16. The second kappa shape index (κ2) is 11.7. The summed E-state index contributed by atoms with van der Waals surface area (Å²) in [7, 11) is 0. The van der Waals surface area contributed by atoms with E-state index in [1.54, 1.807) is 18.0 Å². The molecular weight excluding hydrogens is 418 g/mol. The van der Waals surface area contributed by atoms with Crippen molar-refractivity contribution in [3.05, 3.63) is 95.8 Å². The predicted molar refractivity (Wildman–Crippen MR) is 130 cm³/mol. The number of rotatable bonds is 10. The van der Waals surface area contributed by atoms with Crippen molar-refractivity contribution in [2.45, 2.75) is 30.7 Å². The molecule has 0 bridgehead atoms. The van der Waals surface area contributed by atoms with Crippen LogP contribution in [0.25, 0.3) is 0 Å². The highest BCUT2D eigenvalue weighted by molar-refractivity contribution is 7.99. The number of aryl methyl sites for hydroxylation is 1. The molecule has 4 rings (SSSR count). The van der Waals surface area contributed by atoms with Crippen molar-refractivity contribution in [1.82, 2.24) is 15.6 Å². The summed E-state index contributed by atoms with van der Waals surface area (Å²) >= 11 is 1.74. The van der Waals surface area contributed by atoms with Crippen LogP contribution < -0.4 is 15.4 Å². The van der Waals surface area contributed by atoms with E-state index in [1.165, 1.54) is 11.1 Å². The average molecular weight is 448 g/mol. The van der Waals surface area contributed by atoms with Crippen molar-refractivity contribution in [3.8, 4) is 5.75 Å². The Balaban J connectivity index is 1.13. The molecule has 2 atom stereocenters. The Morgan fingerprint density at radius 2 is 1.84 bits per heavy atom. The summed E-state index contributed by atoms with van der Waals surface area (Å²) < 4.78 is 5.85. The molecular formula is C26H29N3O2S. The van der Waals surface area contributed by atoms with Gasteiger partial charge in [-0.2, -0.15) is 0 Å². The van der Waals surface area contributed by atoms with Crippen LogP contribution in [0.15, 0.2) is 79.1 Å². The smallest absolute Gasteiger partial charge is 0.238 e. The topological polar surface area (TPSA) is 63.2 Å². The fraction of sp³-hybridized carbons (Fsp3) is 0.308. The van der Waals surface area contributed by atoms with Crippen LogP contribution in [-0.4, -0.2) is 35.8 Å². The number of benzene rings is 2. The first kappa shape index (κ1) is 22.4. The lowest BCUT2D eigenvalue weighted by atomic mass is 10.1. The van der Waals surface area contributed by atoms with Crippen LogP contribution in [0.3, 0.4) is 0 Å². The molecule has 1 saturated heterocycles. The molecule has 6 heteroatoms. The third-order valence-electron chi connectivity index (χ3n) is 5.44. The Labute approximate surface area is 194 Å². The van der Waals surface area contributed by atoms with Crippen molar-refractivity contribution < 1.29 is 9.53 Å². The number of nitrogens with zero attached hydrogens (tertiary/aromatic N) is 1. The summed E-state index contributed by atoms with van der Waals surface area (Å²) in [5, 5.41) is 6.57. The number of thioether (sulfide) groups is 1. The summed E-state index contributed by atoms with van der Waals surface area (Å²) in [6.07, 6.45) is 6.43. The fourth-order valence-corrected chi connectivity index (χ4v) is 4.89. The van der Waals surface area contributed by atoms with Crippen LogP contribution in [0.4, 0.5) is 0 Å². The number of nitrogens with one attached hydrogen (secondary N) is 2. The van der Waals surface area contributed by atoms with Crippen LogP contribution in [0, 0.1) is 0 Å². The molecule has 1 fully saturated rings. The maximum atomic E-state index is 12.5. The van der Waals surface area contributed by atoms with Crippen LogP contribution >= 0.6 is 11.8 Å². The van der Waals surface area contributed by atoms with Gasteiger partial charge in [-0.05, 0) is 54.2 Å². The zero-order valence-electron chi connectivity index (χ0n) is 18.1. The highest BCUT2D eigenvalue weighted by Gasteiger charge is 2.30. The maximum Gasteiger partial charge on any atom is 0.238 e. The van der Waals surface area contributed by atoms with E-state index in [4.69, 9.17) is 4.74 Å². The first-order chi connectivity index (χ1) is 15.8. The van der Waals surface area contributed by atoms with Gasteiger partial charge in [-0.15, -0.1) is 11.8 Å². The van der Waals surface area contributed by atoms with E-state index in [-0.39, 0.29) is 17.3 Å². The minimum Gasteiger partial charge on any atom is -0.494 e. The SMILES string of the molecule is O=C(NCCc1ccc(OCCCc2ccccc2)cc1)C1CSC(c2cccnc2)N1. The van der Waals surface area contributed by atoms with E-state index in [2.05, 4.69) is 52.0 Å². The van der Waals surface area contributed by atoms with E-state index in [0.717, 1.165) is 36.3 Å². The number of hydrogen-bond donors (Lipinski definition) is 2. The molecule has 32 heavy (non-hydrogen) atoms. The third kappa shape index (κ3) is 6.58. The average Bonchev–Trinajstić information content (AvgIpc) is 3.35. The molecule has 3 aromatic rings.